The summed E-state index contributed by atoms with van der Waals surface area (Å²) in [6.07, 6.45) is 6.77. The quantitative estimate of drug-likeness (QED) is 0.189. The van der Waals surface area contributed by atoms with Crippen LogP contribution in [0.2, 0.25) is 0 Å². The van der Waals surface area contributed by atoms with Crippen LogP contribution in [0.25, 0.3) is 10.9 Å². The number of likely N-dealkylation sites (N-methyl/N-ethyl adjacent to an activating group) is 1. The number of nitrogens with one attached hydrogen (secondary N) is 2. The molecule has 12 nitrogen and oxygen atoms in total. The number of aryl methyl sites for hydroxylation is 1. The highest BCUT2D eigenvalue weighted by atomic mass is 16.4. The molecule has 0 aliphatic carbocycles. The van der Waals surface area contributed by atoms with Gasteiger partial charge >= 0.3 is 5.63 Å². The van der Waals surface area contributed by atoms with Gasteiger partial charge in [0, 0.05) is 57.3 Å². The maximum absolute atomic E-state index is 13.7. The fraction of sp³-hybridized carbons (Fsp3) is 0.323. The first-order valence-corrected chi connectivity index (χ1v) is 13.9. The first-order chi connectivity index (χ1) is 20.6. The van der Waals surface area contributed by atoms with Crippen LogP contribution in [0.3, 0.4) is 0 Å². The number of carbonyl (C=O) groups is 3. The molecule has 0 radical (unpaired) electrons. The van der Waals surface area contributed by atoms with Crippen LogP contribution < -0.4 is 21.4 Å². The lowest BCUT2D eigenvalue weighted by molar-refractivity contribution is -0.136. The molecule has 0 saturated carbocycles. The Kier molecular flexibility index (Phi) is 9.94. The lowest BCUT2D eigenvalue weighted by atomic mass is 10.0. The van der Waals surface area contributed by atoms with Crippen molar-refractivity contribution in [3.8, 4) is 0 Å². The number of aromatic nitrogens is 3. The molecular weight excluding hydrogens is 550 g/mol. The number of hydrazine groups is 1. The second-order valence-corrected chi connectivity index (χ2v) is 10.6. The predicted octanol–water partition coefficient (Wildman–Crippen LogP) is 2.81. The van der Waals surface area contributed by atoms with Gasteiger partial charge in [-0.05, 0) is 69.2 Å². The van der Waals surface area contributed by atoms with Crippen molar-refractivity contribution in [1.29, 1.82) is 0 Å². The number of amides is 3. The largest absolute Gasteiger partial charge is 0.411 e. The van der Waals surface area contributed by atoms with Gasteiger partial charge < -0.3 is 14.6 Å². The van der Waals surface area contributed by atoms with Crippen molar-refractivity contribution in [3.63, 3.8) is 0 Å². The number of hydrogen-bond donors (Lipinski definition) is 2. The van der Waals surface area contributed by atoms with Crippen molar-refractivity contribution in [2.24, 2.45) is 0 Å². The van der Waals surface area contributed by atoms with Gasteiger partial charge in [-0.1, -0.05) is 6.07 Å². The Morgan fingerprint density at radius 1 is 1.02 bits per heavy atom. The van der Waals surface area contributed by atoms with Gasteiger partial charge in [0.2, 0.25) is 11.8 Å². The number of fused-ring (bicyclic) bond motifs is 1. The molecule has 0 atom stereocenters. The van der Waals surface area contributed by atoms with Crippen LogP contribution in [-0.2, 0) is 16.0 Å². The third kappa shape index (κ3) is 7.66. The molecule has 4 aromatic rings. The van der Waals surface area contributed by atoms with E-state index in [1.54, 1.807) is 69.4 Å². The Balaban J connectivity index is 1.52. The van der Waals surface area contributed by atoms with Crippen molar-refractivity contribution in [1.82, 2.24) is 30.6 Å². The summed E-state index contributed by atoms with van der Waals surface area (Å²) in [7, 11) is 1.70. The fourth-order valence-corrected chi connectivity index (χ4v) is 4.63. The molecule has 3 amide bonds. The van der Waals surface area contributed by atoms with E-state index in [9.17, 15) is 19.2 Å². The molecular formula is C31H35N7O5. The van der Waals surface area contributed by atoms with Crippen molar-refractivity contribution >= 4 is 34.3 Å². The molecule has 2 N–H and O–H groups in total. The lowest BCUT2D eigenvalue weighted by Gasteiger charge is -2.36. The molecule has 0 aliphatic heterocycles. The fourth-order valence-electron chi connectivity index (χ4n) is 4.63. The number of pyridine rings is 2. The second-order valence-electron chi connectivity index (χ2n) is 10.6. The van der Waals surface area contributed by atoms with Crippen molar-refractivity contribution in [2.45, 2.75) is 45.6 Å². The van der Waals surface area contributed by atoms with Crippen LogP contribution in [0.1, 0.15) is 48.3 Å². The molecule has 43 heavy (non-hydrogen) atoms. The van der Waals surface area contributed by atoms with E-state index in [0.717, 1.165) is 12.1 Å². The summed E-state index contributed by atoms with van der Waals surface area (Å²) in [5, 5.41) is 4.32. The zero-order chi connectivity index (χ0) is 31.0. The van der Waals surface area contributed by atoms with E-state index < -0.39 is 11.2 Å². The van der Waals surface area contributed by atoms with Crippen LogP contribution in [0, 0.1) is 6.92 Å². The number of rotatable bonds is 12. The van der Waals surface area contributed by atoms with E-state index in [1.807, 2.05) is 18.2 Å². The minimum absolute atomic E-state index is 0.0409. The summed E-state index contributed by atoms with van der Waals surface area (Å²) in [5.74, 6) is -0.895. The molecule has 224 valence electrons. The lowest BCUT2D eigenvalue weighted by Crippen LogP contribution is -2.61. The smallest absolute Gasteiger partial charge is 0.346 e. The Labute approximate surface area is 249 Å². The molecule has 3 heterocycles. The molecule has 3 aromatic heterocycles. The zero-order valence-electron chi connectivity index (χ0n) is 24.7. The number of carbonyl (C=O) groups excluding carboxylic acids is 3. The van der Waals surface area contributed by atoms with E-state index in [0.29, 0.717) is 41.7 Å². The maximum Gasteiger partial charge on any atom is 0.346 e. The third-order valence-electron chi connectivity index (χ3n) is 6.94. The van der Waals surface area contributed by atoms with Crippen molar-refractivity contribution in [2.75, 3.05) is 25.1 Å². The first kappa shape index (κ1) is 31.0. The summed E-state index contributed by atoms with van der Waals surface area (Å²) in [4.78, 5) is 66.2. The number of nitrogens with zero attached hydrogens (tertiary/aromatic N) is 5. The van der Waals surface area contributed by atoms with Crippen LogP contribution in [0.4, 0.5) is 5.69 Å². The summed E-state index contributed by atoms with van der Waals surface area (Å²) in [6.45, 7) is 5.74. The maximum atomic E-state index is 13.7. The van der Waals surface area contributed by atoms with Crippen molar-refractivity contribution in [3.05, 3.63) is 94.7 Å². The molecule has 0 unspecified atom stereocenters. The summed E-state index contributed by atoms with van der Waals surface area (Å²) < 4.78 is 4.99. The van der Waals surface area contributed by atoms with Gasteiger partial charge in [0.25, 0.3) is 5.91 Å². The summed E-state index contributed by atoms with van der Waals surface area (Å²) >= 11 is 0. The second kappa shape index (κ2) is 13.8. The van der Waals surface area contributed by atoms with Crippen LogP contribution in [-0.4, -0.2) is 63.2 Å². The van der Waals surface area contributed by atoms with Crippen LogP contribution in [0.15, 0.2) is 76.7 Å². The van der Waals surface area contributed by atoms with Gasteiger partial charge in [0.15, 0.2) is 6.39 Å². The topological polar surface area (TPSA) is 151 Å². The van der Waals surface area contributed by atoms with Gasteiger partial charge in [0.05, 0.1) is 22.2 Å². The van der Waals surface area contributed by atoms with E-state index in [1.165, 1.54) is 11.2 Å². The number of hydrogen-bond acceptors (Lipinski definition) is 9. The van der Waals surface area contributed by atoms with Gasteiger partial charge in [-0.3, -0.25) is 24.4 Å². The normalized spacial score (nSPS) is 11.3. The minimum Gasteiger partial charge on any atom is -0.411 e. The highest BCUT2D eigenvalue weighted by Crippen LogP contribution is 2.26. The molecule has 0 spiro atoms. The van der Waals surface area contributed by atoms with E-state index >= 15 is 0 Å². The zero-order valence-corrected chi connectivity index (χ0v) is 24.7. The summed E-state index contributed by atoms with van der Waals surface area (Å²) in [5.41, 5.74) is 3.87. The third-order valence-corrected chi connectivity index (χ3v) is 6.94. The molecule has 1 aromatic carbocycles. The molecule has 0 saturated heterocycles. The Bertz CT molecular complexity index is 1640. The Hall–Kier alpha value is -4.97. The van der Waals surface area contributed by atoms with Crippen LogP contribution >= 0.6 is 0 Å². The highest BCUT2D eigenvalue weighted by molar-refractivity contribution is 5.98. The number of benzene rings is 1. The van der Waals surface area contributed by atoms with E-state index in [-0.39, 0.29) is 36.1 Å². The molecule has 0 bridgehead atoms. The Morgan fingerprint density at radius 2 is 1.84 bits per heavy atom. The van der Waals surface area contributed by atoms with Gasteiger partial charge in [-0.25, -0.2) is 20.2 Å². The van der Waals surface area contributed by atoms with E-state index in [4.69, 9.17) is 4.42 Å². The summed E-state index contributed by atoms with van der Waals surface area (Å²) in [6, 6.07) is 12.2. The molecule has 4 rings (SSSR count). The number of anilines is 1. The van der Waals surface area contributed by atoms with Crippen LogP contribution in [0.5, 0.6) is 0 Å². The molecule has 12 heteroatoms. The van der Waals surface area contributed by atoms with Gasteiger partial charge in [0.1, 0.15) is 5.54 Å². The van der Waals surface area contributed by atoms with Crippen molar-refractivity contribution < 1.29 is 18.8 Å². The Morgan fingerprint density at radius 3 is 2.56 bits per heavy atom. The standard InChI is InChI=1S/C31H35N7O5/c1-21-25(13-12-24-27(21)29(41)43-20-35-24)38(26(39)11-8-17-34-28(40)22-9-7-15-32-19-22)36-31(2,3)30(42)37(4)18-14-23-10-5-6-16-33-23/h5-7,9-10,12-13,15-16,19-20,36H,8,11,14,17-18H2,1-4H3,(H,34,40). The average Bonchev–Trinajstić information content (AvgIpc) is 3.01. The highest BCUT2D eigenvalue weighted by Gasteiger charge is 2.35. The monoisotopic (exact) mass is 585 g/mol. The molecule has 0 aliphatic rings. The van der Waals surface area contributed by atoms with E-state index in [2.05, 4.69) is 25.7 Å². The first-order valence-electron chi connectivity index (χ1n) is 13.9. The van der Waals surface area contributed by atoms with Gasteiger partial charge in [-0.2, -0.15) is 0 Å². The minimum atomic E-state index is -1.22. The predicted molar refractivity (Wildman–Crippen MR) is 161 cm³/mol. The average molecular weight is 586 g/mol. The van der Waals surface area contributed by atoms with Gasteiger partial charge in [-0.15, -0.1) is 0 Å². The molecule has 0 fully saturated rings. The SMILES string of the molecule is Cc1c(N(NC(C)(C)C(=O)N(C)CCc2ccccn2)C(=O)CCCNC(=O)c2cccnc2)ccc2ncoc(=O)c12.